The number of rotatable bonds is 6. The molecule has 2 unspecified atom stereocenters. The first kappa shape index (κ1) is 14.5. The number of nitrogens with one attached hydrogen (secondary N) is 1. The number of amides is 1. The van der Waals surface area contributed by atoms with Gasteiger partial charge < -0.3 is 15.2 Å². The molecule has 2 atom stereocenters. The third-order valence-electron chi connectivity index (χ3n) is 2.95. The lowest BCUT2D eigenvalue weighted by Gasteiger charge is -2.15. The van der Waals surface area contributed by atoms with Crippen LogP contribution in [0.15, 0.2) is 24.3 Å². The van der Waals surface area contributed by atoms with E-state index in [9.17, 15) is 4.79 Å². The van der Waals surface area contributed by atoms with Crippen LogP contribution in [0.25, 0.3) is 0 Å². The van der Waals surface area contributed by atoms with Gasteiger partial charge in [0.15, 0.2) is 0 Å². The quantitative estimate of drug-likeness (QED) is 0.806. The van der Waals surface area contributed by atoms with E-state index in [1.165, 1.54) is 0 Å². The number of carbonyl (C=O) groups excluding carboxylic acids is 1. The highest BCUT2D eigenvalue weighted by Crippen LogP contribution is 2.19. The van der Waals surface area contributed by atoms with E-state index in [-0.39, 0.29) is 24.3 Å². The summed E-state index contributed by atoms with van der Waals surface area (Å²) < 4.78 is 5.07. The normalized spacial score (nSPS) is 13.8. The van der Waals surface area contributed by atoms with E-state index in [1.807, 2.05) is 38.1 Å². The van der Waals surface area contributed by atoms with Crippen molar-refractivity contribution in [2.24, 2.45) is 5.92 Å². The second kappa shape index (κ2) is 7.01. The Morgan fingerprint density at radius 3 is 2.44 bits per heavy atom. The zero-order chi connectivity index (χ0) is 13.5. The van der Waals surface area contributed by atoms with Gasteiger partial charge in [0.05, 0.1) is 13.0 Å². The minimum absolute atomic E-state index is 0.0273. The van der Waals surface area contributed by atoms with Crippen LogP contribution in [0.3, 0.4) is 0 Å². The van der Waals surface area contributed by atoms with E-state index in [2.05, 4.69) is 5.32 Å². The van der Waals surface area contributed by atoms with Gasteiger partial charge in [-0.1, -0.05) is 19.1 Å². The second-order valence-corrected chi connectivity index (χ2v) is 4.53. The summed E-state index contributed by atoms with van der Waals surface area (Å²) in [5.41, 5.74) is 0.949. The SMILES string of the molecule is COc1ccc(C(C)C(=O)NCC(C)CO)cc1. The molecule has 0 heterocycles. The maximum atomic E-state index is 11.9. The highest BCUT2D eigenvalue weighted by Gasteiger charge is 2.15. The van der Waals surface area contributed by atoms with Crippen LogP contribution in [-0.2, 0) is 4.79 Å². The molecule has 0 aliphatic carbocycles. The van der Waals surface area contributed by atoms with Crippen molar-refractivity contribution < 1.29 is 14.6 Å². The molecule has 0 radical (unpaired) electrons. The topological polar surface area (TPSA) is 58.6 Å². The van der Waals surface area contributed by atoms with Crippen LogP contribution in [0.1, 0.15) is 25.3 Å². The monoisotopic (exact) mass is 251 g/mol. The number of ether oxygens (including phenoxy) is 1. The van der Waals surface area contributed by atoms with Crippen molar-refractivity contribution in [2.45, 2.75) is 19.8 Å². The number of aliphatic hydroxyl groups excluding tert-OH is 1. The first-order valence-corrected chi connectivity index (χ1v) is 6.11. The van der Waals surface area contributed by atoms with Crippen molar-refractivity contribution in [1.82, 2.24) is 5.32 Å². The Hall–Kier alpha value is -1.55. The predicted octanol–water partition coefficient (Wildman–Crippen LogP) is 1.54. The van der Waals surface area contributed by atoms with Gasteiger partial charge in [-0.25, -0.2) is 0 Å². The zero-order valence-electron chi connectivity index (χ0n) is 11.1. The molecule has 1 rings (SSSR count). The largest absolute Gasteiger partial charge is 0.497 e. The maximum absolute atomic E-state index is 11.9. The van der Waals surface area contributed by atoms with Gasteiger partial charge in [0.1, 0.15) is 5.75 Å². The van der Waals surface area contributed by atoms with Crippen molar-refractivity contribution in [2.75, 3.05) is 20.3 Å². The summed E-state index contributed by atoms with van der Waals surface area (Å²) in [4.78, 5) is 11.9. The Labute approximate surface area is 108 Å². The predicted molar refractivity (Wildman–Crippen MR) is 70.7 cm³/mol. The summed E-state index contributed by atoms with van der Waals surface area (Å²) in [5, 5.41) is 11.7. The highest BCUT2D eigenvalue weighted by atomic mass is 16.5. The Bertz CT molecular complexity index is 375. The first-order valence-electron chi connectivity index (χ1n) is 6.11. The molecule has 0 fully saturated rings. The molecule has 1 aromatic carbocycles. The highest BCUT2D eigenvalue weighted by molar-refractivity contribution is 5.83. The van der Waals surface area contributed by atoms with Gasteiger partial charge in [0, 0.05) is 13.2 Å². The summed E-state index contributed by atoms with van der Waals surface area (Å²) >= 11 is 0. The molecule has 1 amide bonds. The van der Waals surface area contributed by atoms with E-state index in [0.29, 0.717) is 6.54 Å². The summed E-state index contributed by atoms with van der Waals surface area (Å²) in [6.07, 6.45) is 0. The molecule has 0 aromatic heterocycles. The summed E-state index contributed by atoms with van der Waals surface area (Å²) in [6.45, 7) is 4.33. The molecule has 4 heteroatoms. The molecule has 0 spiro atoms. The van der Waals surface area contributed by atoms with Crippen LogP contribution in [-0.4, -0.2) is 31.3 Å². The van der Waals surface area contributed by atoms with Crippen LogP contribution in [0.2, 0.25) is 0 Å². The number of hydrogen-bond acceptors (Lipinski definition) is 3. The smallest absolute Gasteiger partial charge is 0.227 e. The molecule has 0 saturated heterocycles. The van der Waals surface area contributed by atoms with E-state index in [0.717, 1.165) is 11.3 Å². The molecular formula is C14H21NO3. The fourth-order valence-electron chi connectivity index (χ4n) is 1.54. The number of hydrogen-bond donors (Lipinski definition) is 2. The van der Waals surface area contributed by atoms with Crippen LogP contribution < -0.4 is 10.1 Å². The molecule has 0 saturated carbocycles. The van der Waals surface area contributed by atoms with E-state index in [1.54, 1.807) is 7.11 Å². The minimum Gasteiger partial charge on any atom is -0.497 e. The lowest BCUT2D eigenvalue weighted by Crippen LogP contribution is -2.32. The van der Waals surface area contributed by atoms with Crippen molar-refractivity contribution >= 4 is 5.91 Å². The van der Waals surface area contributed by atoms with Crippen LogP contribution in [0.5, 0.6) is 5.75 Å². The molecule has 0 aliphatic heterocycles. The lowest BCUT2D eigenvalue weighted by atomic mass is 10.00. The lowest BCUT2D eigenvalue weighted by molar-refractivity contribution is -0.122. The minimum atomic E-state index is -0.207. The summed E-state index contributed by atoms with van der Waals surface area (Å²) in [6, 6.07) is 7.46. The van der Waals surface area contributed by atoms with Gasteiger partial charge in [-0.05, 0) is 30.5 Å². The van der Waals surface area contributed by atoms with Gasteiger partial charge >= 0.3 is 0 Å². The standard InChI is InChI=1S/C14H21NO3/c1-10(9-16)8-15-14(17)11(2)12-4-6-13(18-3)7-5-12/h4-7,10-11,16H,8-9H2,1-3H3,(H,15,17). The average molecular weight is 251 g/mol. The van der Waals surface area contributed by atoms with Crippen molar-refractivity contribution in [3.05, 3.63) is 29.8 Å². The van der Waals surface area contributed by atoms with Crippen LogP contribution >= 0.6 is 0 Å². The van der Waals surface area contributed by atoms with Gasteiger partial charge in [-0.3, -0.25) is 4.79 Å². The summed E-state index contributed by atoms with van der Waals surface area (Å²) in [5.74, 6) is 0.625. The Morgan fingerprint density at radius 2 is 1.94 bits per heavy atom. The molecule has 18 heavy (non-hydrogen) atoms. The molecular weight excluding hydrogens is 230 g/mol. The van der Waals surface area contributed by atoms with Crippen molar-refractivity contribution in [1.29, 1.82) is 0 Å². The first-order chi connectivity index (χ1) is 8.58. The van der Waals surface area contributed by atoms with Gasteiger partial charge in [-0.15, -0.1) is 0 Å². The number of benzene rings is 1. The number of aliphatic hydroxyl groups is 1. The maximum Gasteiger partial charge on any atom is 0.227 e. The van der Waals surface area contributed by atoms with Gasteiger partial charge in [-0.2, -0.15) is 0 Å². The Kier molecular flexibility index (Phi) is 5.65. The third-order valence-corrected chi connectivity index (χ3v) is 2.95. The fraction of sp³-hybridized carbons (Fsp3) is 0.500. The van der Waals surface area contributed by atoms with Gasteiger partial charge in [0.25, 0.3) is 0 Å². The van der Waals surface area contributed by atoms with Crippen molar-refractivity contribution in [3.63, 3.8) is 0 Å². The van der Waals surface area contributed by atoms with E-state index >= 15 is 0 Å². The third kappa shape index (κ3) is 4.04. The molecule has 1 aromatic rings. The van der Waals surface area contributed by atoms with Crippen molar-refractivity contribution in [3.8, 4) is 5.75 Å². The van der Waals surface area contributed by atoms with Gasteiger partial charge in [0.2, 0.25) is 5.91 Å². The molecule has 0 aliphatic rings. The summed E-state index contributed by atoms with van der Waals surface area (Å²) in [7, 11) is 1.61. The van der Waals surface area contributed by atoms with E-state index < -0.39 is 0 Å². The molecule has 0 bridgehead atoms. The molecule has 100 valence electrons. The zero-order valence-corrected chi connectivity index (χ0v) is 11.1. The number of methoxy groups -OCH3 is 1. The Balaban J connectivity index is 2.56. The Morgan fingerprint density at radius 1 is 1.33 bits per heavy atom. The second-order valence-electron chi connectivity index (χ2n) is 4.53. The average Bonchev–Trinajstić information content (AvgIpc) is 2.43. The van der Waals surface area contributed by atoms with Crippen LogP contribution in [0.4, 0.5) is 0 Å². The molecule has 4 nitrogen and oxygen atoms in total. The molecule has 2 N–H and O–H groups in total. The van der Waals surface area contributed by atoms with Crippen LogP contribution in [0, 0.1) is 5.92 Å². The number of carbonyl (C=O) groups is 1. The van der Waals surface area contributed by atoms with E-state index in [4.69, 9.17) is 9.84 Å². The fourth-order valence-corrected chi connectivity index (χ4v) is 1.54.